The van der Waals surface area contributed by atoms with Crippen molar-refractivity contribution in [3.8, 4) is 0 Å². The molecule has 49 heteroatoms. The molecule has 0 unspecified atom stereocenters. The molecule has 0 aromatic heterocycles. The van der Waals surface area contributed by atoms with Crippen LogP contribution in [0.4, 0.5) is 0 Å². The van der Waals surface area contributed by atoms with Gasteiger partial charge in [-0.3, -0.25) is 87.9 Å². The summed E-state index contributed by atoms with van der Waals surface area (Å²) in [4.78, 5) is 0. The number of hydrogen-bond donors (Lipinski definition) is 0. The predicted octanol–water partition coefficient (Wildman–Crippen LogP) is -46.0. The smallest absolute Gasteiger partial charge is 0.907 e. The largest absolute Gasteiger partial charge is 1.00 e. The summed E-state index contributed by atoms with van der Waals surface area (Å²) in [5, 5.41) is 303. The van der Waals surface area contributed by atoms with E-state index in [1.54, 1.807) is 0 Å². The summed E-state index contributed by atoms with van der Waals surface area (Å²) in [6.45, 7) is 0. The molecule has 0 aromatic carbocycles. The van der Waals surface area contributed by atoms with Crippen molar-refractivity contribution in [3.05, 3.63) is 0 Å². The minimum absolute atomic E-state index is 0. The van der Waals surface area contributed by atoms with Gasteiger partial charge in [0.15, 0.2) is 0 Å². The standard InChI is InChI=1S/Ag.12BO3/c;12*2-1(3)4/q;12*-3/p+12. The van der Waals surface area contributed by atoms with Gasteiger partial charge >= 0.3 is 17.1 Å². The first-order chi connectivity index (χ1) is 20.8. The van der Waals surface area contributed by atoms with E-state index in [2.05, 4.69) is 0 Å². The van der Waals surface area contributed by atoms with Crippen LogP contribution in [0.2, 0.25) is 0 Å². The zero-order chi connectivity index (χ0) is 42.9. The molecule has 0 saturated heterocycles. The Morgan fingerprint density at radius 2 is 0.122 bits per heavy atom. The average Bonchev–Trinajstić information content (AvgIpc) is 2.61. The van der Waals surface area contributed by atoms with Crippen LogP contribution in [0.3, 0.4) is 0 Å². The molecule has 0 atom stereocenters. The Labute approximate surface area is 309 Å². The summed E-state index contributed by atoms with van der Waals surface area (Å²) >= 11 is 0. The zero-order valence-electron chi connectivity index (χ0n) is 33.9. The van der Waals surface area contributed by atoms with Crippen LogP contribution in [-0.2, 0) is 22.4 Å². The summed E-state index contributed by atoms with van der Waals surface area (Å²) in [6, 6.07) is 0. The molecule has 0 aliphatic heterocycles. The fraction of sp³-hybridized carbons (Fsp3) is 0. The Bertz CT molecular complexity index is 276. The SMILES string of the molecule is [Ag].[H+].[H+].[H+].[H+].[H+].[H+].[H+].[H+].[H+].[H+].[H+].[H+].[O-]B([O-])[O-].[O-]B([O-])[O-].[O-]B([O-])[O-].[O-]B([O-])[O-].[O-]B([O-])[O-].[O-]B([O-])[O-].[O-]B([O-])[O-].[O-]B([O-])[O-].[O-]B([O-])[O-].[O-]B([O-])[O-].[O-]B([O-])[O-].[O-]B([O-])[O-]. The van der Waals surface area contributed by atoms with Crippen LogP contribution in [0.5, 0.6) is 0 Å². The van der Waals surface area contributed by atoms with Crippen LogP contribution in [0.15, 0.2) is 0 Å². The van der Waals surface area contributed by atoms with Crippen LogP contribution >= 0.6 is 0 Å². The fourth-order valence-electron chi connectivity index (χ4n) is 0. The Balaban J connectivity index is -0.00000000989. The van der Waals surface area contributed by atoms with Crippen LogP contribution in [0.1, 0.15) is 17.1 Å². The third-order valence-corrected chi connectivity index (χ3v) is 0. The van der Waals surface area contributed by atoms with Gasteiger partial charge in [0.25, 0.3) is 0 Å². The molecular formula is H12AgB12O36-24. The first-order valence-electron chi connectivity index (χ1n) is 8.49. The normalized spacial score (nSPS) is 6.61. The summed E-state index contributed by atoms with van der Waals surface area (Å²) in [5.74, 6) is 0. The molecule has 0 saturated carbocycles. The van der Waals surface area contributed by atoms with Crippen LogP contribution in [0, 0.1) is 0 Å². The van der Waals surface area contributed by atoms with Gasteiger partial charge in [0.2, 0.25) is 0 Å². The van der Waals surface area contributed by atoms with E-state index in [1.807, 2.05) is 0 Å². The van der Waals surface area contributed by atoms with Gasteiger partial charge < -0.3 is 181 Å². The summed E-state index contributed by atoms with van der Waals surface area (Å²) in [5.41, 5.74) is 0. The molecule has 0 aliphatic rings. The molecule has 0 aromatic rings. The minimum Gasteiger partial charge on any atom is -0.907 e. The van der Waals surface area contributed by atoms with Gasteiger partial charge in [-0.2, -0.15) is 0 Å². The van der Waals surface area contributed by atoms with Gasteiger partial charge in [0, 0.05) is 22.4 Å². The minimum atomic E-state index is -2.92. The van der Waals surface area contributed by atoms with Crippen molar-refractivity contribution in [2.45, 2.75) is 0 Å². The monoisotopic (exact) mass is 827 g/mol. The van der Waals surface area contributed by atoms with Crippen LogP contribution in [-0.4, -0.2) is 87.9 Å². The van der Waals surface area contributed by atoms with Gasteiger partial charge in [-0.05, 0) is 0 Å². The molecule has 0 aliphatic carbocycles. The summed E-state index contributed by atoms with van der Waals surface area (Å²) in [6.07, 6.45) is 0. The average molecular weight is 826 g/mol. The Hall–Kier alpha value is 0.0795. The molecule has 36 nitrogen and oxygen atoms in total. The van der Waals surface area contributed by atoms with E-state index in [1.165, 1.54) is 0 Å². The molecule has 0 heterocycles. The Kier molecular flexibility index (Phi) is 146. The molecule has 0 spiro atoms. The first kappa shape index (κ1) is 87.2. The van der Waals surface area contributed by atoms with Crippen molar-refractivity contribution in [2.75, 3.05) is 0 Å². The van der Waals surface area contributed by atoms with Gasteiger partial charge in [-0.25, -0.2) is 0 Å². The fourth-order valence-corrected chi connectivity index (χ4v) is 0. The molecule has 0 rings (SSSR count). The molecule has 0 N–H and O–H groups in total. The third-order valence-electron chi connectivity index (χ3n) is 0. The van der Waals surface area contributed by atoms with Crippen LogP contribution < -0.4 is 181 Å². The maximum atomic E-state index is 8.42. The molecular weight excluding hydrogens is 814 g/mol. The van der Waals surface area contributed by atoms with E-state index in [0.29, 0.717) is 0 Å². The Morgan fingerprint density at radius 3 is 0.122 bits per heavy atom. The molecule has 0 bridgehead atoms. The zero-order valence-corrected chi connectivity index (χ0v) is 23.4. The predicted molar refractivity (Wildman–Crippen MR) is 82.4 cm³/mol. The van der Waals surface area contributed by atoms with Gasteiger partial charge in [0.05, 0.1) is 0 Å². The van der Waals surface area contributed by atoms with E-state index < -0.39 is 87.9 Å². The topological polar surface area (TPSA) is 830 Å². The van der Waals surface area contributed by atoms with Crippen molar-refractivity contribution in [3.63, 3.8) is 0 Å². The molecule has 0 amide bonds. The molecule has 0 fully saturated rings. The molecule has 299 valence electrons. The second-order valence-electron chi connectivity index (χ2n) is 3.46. The van der Waals surface area contributed by atoms with Crippen molar-refractivity contribution >= 4 is 87.9 Å². The van der Waals surface area contributed by atoms with Gasteiger partial charge in [-0.1, -0.05) is 0 Å². The van der Waals surface area contributed by atoms with Gasteiger partial charge in [0.1, 0.15) is 0 Å². The Morgan fingerprint density at radius 1 is 0.122 bits per heavy atom. The number of hydrogen-bond acceptors (Lipinski definition) is 36. The molecule has 49 heavy (non-hydrogen) atoms. The molecule has 1 radical (unpaired) electrons. The summed E-state index contributed by atoms with van der Waals surface area (Å²) in [7, 11) is -35.0. The third kappa shape index (κ3) is 16200000. The van der Waals surface area contributed by atoms with Crippen molar-refractivity contribution < 1.29 is 220 Å². The maximum Gasteiger partial charge on any atom is 1.00 e. The second kappa shape index (κ2) is 81.9. The van der Waals surface area contributed by atoms with E-state index in [4.69, 9.17) is 181 Å². The van der Waals surface area contributed by atoms with E-state index in [0.717, 1.165) is 0 Å². The number of rotatable bonds is 0. The van der Waals surface area contributed by atoms with E-state index >= 15 is 0 Å². The quantitative estimate of drug-likeness (QED) is 0.205. The van der Waals surface area contributed by atoms with Crippen LogP contribution in [0.25, 0.3) is 0 Å². The van der Waals surface area contributed by atoms with Crippen molar-refractivity contribution in [1.82, 2.24) is 0 Å². The first-order valence-corrected chi connectivity index (χ1v) is 8.49. The second-order valence-corrected chi connectivity index (χ2v) is 3.46. The summed E-state index contributed by atoms with van der Waals surface area (Å²) < 4.78 is 0. The van der Waals surface area contributed by atoms with Gasteiger partial charge in [-0.15, -0.1) is 0 Å². The van der Waals surface area contributed by atoms with Crippen molar-refractivity contribution in [2.24, 2.45) is 0 Å². The van der Waals surface area contributed by atoms with E-state index in [9.17, 15) is 0 Å². The maximum absolute atomic E-state index is 8.42. The van der Waals surface area contributed by atoms with Crippen molar-refractivity contribution in [1.29, 1.82) is 0 Å². The van der Waals surface area contributed by atoms with E-state index in [-0.39, 0.29) is 39.5 Å².